The molecule has 1 aromatic rings. The van der Waals surface area contributed by atoms with E-state index in [0.29, 0.717) is 12.1 Å². The van der Waals surface area contributed by atoms with E-state index in [1.54, 1.807) is 0 Å². The molecule has 0 unspecified atom stereocenters. The van der Waals surface area contributed by atoms with Crippen LogP contribution in [0.5, 0.6) is 0 Å². The average molecular weight is 284 g/mol. The van der Waals surface area contributed by atoms with Crippen molar-refractivity contribution in [3.63, 3.8) is 0 Å². The maximum atomic E-state index is 12.9. The van der Waals surface area contributed by atoms with E-state index in [1.165, 1.54) is 6.42 Å². The van der Waals surface area contributed by atoms with Crippen LogP contribution in [-0.4, -0.2) is 30.4 Å². The van der Waals surface area contributed by atoms with Gasteiger partial charge in [-0.3, -0.25) is 4.79 Å². The lowest BCUT2D eigenvalue weighted by atomic mass is 9.84. The molecule has 1 aliphatic heterocycles. The number of carbonyl (C=O) groups excluding carboxylic acids is 1. The number of piperidine rings is 1. The van der Waals surface area contributed by atoms with Gasteiger partial charge in [-0.2, -0.15) is 0 Å². The number of rotatable bonds is 1. The second kappa shape index (κ2) is 6.32. The van der Waals surface area contributed by atoms with Crippen molar-refractivity contribution < 1.29 is 4.79 Å². The normalized spacial score (nSPS) is 17.0. The van der Waals surface area contributed by atoms with E-state index < -0.39 is 0 Å². The summed E-state index contributed by atoms with van der Waals surface area (Å²) in [5.74, 6) is 5.95. The molecule has 112 valence electrons. The predicted octanol–water partition coefficient (Wildman–Crippen LogP) is 2.57. The summed E-state index contributed by atoms with van der Waals surface area (Å²) in [6.07, 6.45) is 2.23. The number of hydrogen-bond donors (Lipinski definition) is 1. The molecule has 1 amide bonds. The van der Waals surface area contributed by atoms with Crippen LogP contribution in [0.2, 0.25) is 0 Å². The third-order valence-electron chi connectivity index (χ3n) is 3.92. The minimum Gasteiger partial charge on any atom is -0.338 e. The smallest absolute Gasteiger partial charge is 0.255 e. The number of likely N-dealkylation sites (tertiary alicyclic amines) is 1. The van der Waals surface area contributed by atoms with Crippen molar-refractivity contribution in [1.29, 1.82) is 0 Å². The molecule has 0 aromatic heterocycles. The molecule has 1 heterocycles. The van der Waals surface area contributed by atoms with E-state index in [0.717, 1.165) is 30.6 Å². The molecule has 1 saturated heterocycles. The van der Waals surface area contributed by atoms with Crippen molar-refractivity contribution in [3.05, 3.63) is 34.9 Å². The summed E-state index contributed by atoms with van der Waals surface area (Å²) in [7, 11) is 0. The van der Waals surface area contributed by atoms with Crippen LogP contribution < -0.4 is 5.73 Å². The second-order valence-electron chi connectivity index (χ2n) is 6.55. The summed E-state index contributed by atoms with van der Waals surface area (Å²) in [6, 6.07) is 5.84. The van der Waals surface area contributed by atoms with Gasteiger partial charge in [-0.15, -0.1) is 0 Å². The standard InChI is InChI=1S/C18H24N2O/c1-14-7-8-15(6-4-10-19)16(12-14)17(21)20-11-5-9-18(2,3)13-20/h7-8,12H,5,9-11,13,19H2,1-3H3. The van der Waals surface area contributed by atoms with E-state index in [-0.39, 0.29) is 11.3 Å². The van der Waals surface area contributed by atoms with Crippen LogP contribution in [0.25, 0.3) is 0 Å². The molecule has 0 atom stereocenters. The first-order valence-corrected chi connectivity index (χ1v) is 7.52. The van der Waals surface area contributed by atoms with E-state index >= 15 is 0 Å². The largest absolute Gasteiger partial charge is 0.338 e. The van der Waals surface area contributed by atoms with Gasteiger partial charge >= 0.3 is 0 Å². The van der Waals surface area contributed by atoms with Gasteiger partial charge in [0.2, 0.25) is 0 Å². The minimum atomic E-state index is 0.0906. The van der Waals surface area contributed by atoms with Crippen molar-refractivity contribution in [2.75, 3.05) is 19.6 Å². The maximum Gasteiger partial charge on any atom is 0.255 e. The molecule has 1 fully saturated rings. The van der Waals surface area contributed by atoms with Gasteiger partial charge < -0.3 is 10.6 Å². The molecule has 2 rings (SSSR count). The molecule has 0 saturated carbocycles. The molecule has 1 aromatic carbocycles. The molecular formula is C18H24N2O. The number of nitrogens with two attached hydrogens (primary N) is 1. The molecule has 0 spiro atoms. The quantitative estimate of drug-likeness (QED) is 0.806. The Labute approximate surface area is 127 Å². The molecule has 3 heteroatoms. The fourth-order valence-corrected chi connectivity index (χ4v) is 2.86. The van der Waals surface area contributed by atoms with Crippen LogP contribution >= 0.6 is 0 Å². The molecule has 3 nitrogen and oxygen atoms in total. The molecule has 0 aliphatic carbocycles. The number of aryl methyl sites for hydroxylation is 1. The first-order chi connectivity index (χ1) is 9.93. The molecular weight excluding hydrogens is 260 g/mol. The third-order valence-corrected chi connectivity index (χ3v) is 3.92. The van der Waals surface area contributed by atoms with Crippen LogP contribution in [0, 0.1) is 24.2 Å². The van der Waals surface area contributed by atoms with Crippen LogP contribution in [-0.2, 0) is 0 Å². The molecule has 2 N–H and O–H groups in total. The highest BCUT2D eigenvalue weighted by molar-refractivity contribution is 5.97. The predicted molar refractivity (Wildman–Crippen MR) is 86.0 cm³/mol. The average Bonchev–Trinajstić information content (AvgIpc) is 2.44. The first kappa shape index (κ1) is 15.6. The van der Waals surface area contributed by atoms with E-state index in [9.17, 15) is 4.79 Å². The lowest BCUT2D eigenvalue weighted by molar-refractivity contribution is 0.0583. The van der Waals surface area contributed by atoms with E-state index in [1.807, 2.05) is 30.0 Å². The van der Waals surface area contributed by atoms with Crippen molar-refractivity contribution >= 4 is 5.91 Å². The Balaban J connectivity index is 2.31. The number of hydrogen-bond acceptors (Lipinski definition) is 2. The highest BCUT2D eigenvalue weighted by atomic mass is 16.2. The van der Waals surface area contributed by atoms with Gasteiger partial charge in [0.1, 0.15) is 0 Å². The Morgan fingerprint density at radius 2 is 2.19 bits per heavy atom. The first-order valence-electron chi connectivity index (χ1n) is 7.52. The van der Waals surface area contributed by atoms with Crippen molar-refractivity contribution in [1.82, 2.24) is 4.90 Å². The summed E-state index contributed by atoms with van der Waals surface area (Å²) in [6.45, 7) is 8.38. The van der Waals surface area contributed by atoms with Crippen LogP contribution in [0.15, 0.2) is 18.2 Å². The highest BCUT2D eigenvalue weighted by Crippen LogP contribution is 2.29. The zero-order valence-corrected chi connectivity index (χ0v) is 13.2. The second-order valence-corrected chi connectivity index (χ2v) is 6.55. The van der Waals surface area contributed by atoms with Gasteiger partial charge in [-0.1, -0.05) is 37.3 Å². The molecule has 0 bridgehead atoms. The number of carbonyl (C=O) groups is 1. The summed E-state index contributed by atoms with van der Waals surface area (Å²) in [4.78, 5) is 14.8. The van der Waals surface area contributed by atoms with Gasteiger partial charge in [-0.25, -0.2) is 0 Å². The number of amides is 1. The Bertz CT molecular complexity index is 593. The van der Waals surface area contributed by atoms with Crippen LogP contribution in [0.4, 0.5) is 0 Å². The van der Waals surface area contributed by atoms with E-state index in [2.05, 4.69) is 25.7 Å². The Morgan fingerprint density at radius 3 is 2.86 bits per heavy atom. The third kappa shape index (κ3) is 3.86. The summed E-state index contributed by atoms with van der Waals surface area (Å²) >= 11 is 0. The SMILES string of the molecule is Cc1ccc(C#CCN)c(C(=O)N2CCCC(C)(C)C2)c1. The van der Waals surface area contributed by atoms with Crippen molar-refractivity contribution in [2.24, 2.45) is 11.1 Å². The minimum absolute atomic E-state index is 0.0906. The fraction of sp³-hybridized carbons (Fsp3) is 0.500. The van der Waals surface area contributed by atoms with Gasteiger partial charge in [0.25, 0.3) is 5.91 Å². The zero-order valence-electron chi connectivity index (χ0n) is 13.2. The molecule has 1 aliphatic rings. The lowest BCUT2D eigenvalue weighted by Crippen LogP contribution is -2.43. The van der Waals surface area contributed by atoms with E-state index in [4.69, 9.17) is 5.73 Å². The monoisotopic (exact) mass is 284 g/mol. The maximum absolute atomic E-state index is 12.9. The number of nitrogens with zero attached hydrogens (tertiary/aromatic N) is 1. The fourth-order valence-electron chi connectivity index (χ4n) is 2.86. The zero-order chi connectivity index (χ0) is 15.5. The lowest BCUT2D eigenvalue weighted by Gasteiger charge is -2.38. The van der Waals surface area contributed by atoms with Crippen molar-refractivity contribution in [3.8, 4) is 11.8 Å². The number of benzene rings is 1. The Hall–Kier alpha value is -1.79. The highest BCUT2D eigenvalue weighted by Gasteiger charge is 2.30. The van der Waals surface area contributed by atoms with Gasteiger partial charge in [0, 0.05) is 18.7 Å². The van der Waals surface area contributed by atoms with Gasteiger partial charge in [0.15, 0.2) is 0 Å². The van der Waals surface area contributed by atoms with Crippen LogP contribution in [0.1, 0.15) is 48.2 Å². The topological polar surface area (TPSA) is 46.3 Å². The Kier molecular flexibility index (Phi) is 4.69. The molecule has 0 radical (unpaired) electrons. The van der Waals surface area contributed by atoms with Gasteiger partial charge in [0.05, 0.1) is 12.1 Å². The van der Waals surface area contributed by atoms with Crippen molar-refractivity contribution in [2.45, 2.75) is 33.6 Å². The summed E-state index contributed by atoms with van der Waals surface area (Å²) < 4.78 is 0. The summed E-state index contributed by atoms with van der Waals surface area (Å²) in [5, 5.41) is 0. The summed E-state index contributed by atoms with van der Waals surface area (Å²) in [5.41, 5.74) is 8.19. The van der Waals surface area contributed by atoms with Gasteiger partial charge in [-0.05, 0) is 37.3 Å². The van der Waals surface area contributed by atoms with Crippen LogP contribution in [0.3, 0.4) is 0 Å². The Morgan fingerprint density at radius 1 is 1.43 bits per heavy atom. The molecule has 21 heavy (non-hydrogen) atoms.